The van der Waals surface area contributed by atoms with Crippen LogP contribution in [0, 0.1) is 0 Å². The average Bonchev–Trinajstić information content (AvgIpc) is 1.85. The topological polar surface area (TPSA) is 0 Å². The van der Waals surface area contributed by atoms with Gasteiger partial charge in [0.05, 0.1) is 0 Å². The number of rotatable bonds is 1. The first-order chi connectivity index (χ1) is 4.89. The van der Waals surface area contributed by atoms with Crippen molar-refractivity contribution in [3.05, 3.63) is 23.8 Å². The van der Waals surface area contributed by atoms with E-state index in [9.17, 15) is 22.0 Å². The van der Waals surface area contributed by atoms with Gasteiger partial charge in [-0.15, -0.1) is 0 Å². The molecule has 0 rings (SSSR count). The predicted octanol–water partition coefficient (Wildman–Crippen LogP) is 3.28. The van der Waals surface area contributed by atoms with E-state index in [2.05, 4.69) is 0 Å². The fraction of sp³-hybridized carbons (Fsp3) is 0.333. The SMILES string of the molecule is CC=CC(F)=C(F)C(F)(F)F. The molecule has 0 nitrogen and oxygen atoms in total. The van der Waals surface area contributed by atoms with Crippen LogP contribution in [0.2, 0.25) is 0 Å². The molecule has 0 aromatic heterocycles. The van der Waals surface area contributed by atoms with Gasteiger partial charge in [0.25, 0.3) is 0 Å². The van der Waals surface area contributed by atoms with Gasteiger partial charge in [-0.1, -0.05) is 6.08 Å². The first-order valence-electron chi connectivity index (χ1n) is 2.64. The van der Waals surface area contributed by atoms with Crippen molar-refractivity contribution in [2.45, 2.75) is 13.1 Å². The fourth-order valence-corrected chi connectivity index (χ4v) is 0.355. The van der Waals surface area contributed by atoms with Gasteiger partial charge in [-0.2, -0.15) is 17.6 Å². The third-order valence-corrected chi connectivity index (χ3v) is 0.772. The van der Waals surface area contributed by atoms with E-state index in [4.69, 9.17) is 0 Å². The molecule has 64 valence electrons. The van der Waals surface area contributed by atoms with E-state index in [1.165, 1.54) is 6.92 Å². The van der Waals surface area contributed by atoms with E-state index in [1.807, 2.05) is 0 Å². The molecule has 0 heterocycles. The lowest BCUT2D eigenvalue weighted by Gasteiger charge is -2.01. The van der Waals surface area contributed by atoms with E-state index in [0.717, 1.165) is 6.08 Å². The molecular formula is C6H5F5. The maximum Gasteiger partial charge on any atom is 0.445 e. The minimum absolute atomic E-state index is 0.406. The highest BCUT2D eigenvalue weighted by Gasteiger charge is 2.37. The Labute approximate surface area is 60.0 Å². The molecule has 0 spiro atoms. The monoisotopic (exact) mass is 172 g/mol. The highest BCUT2D eigenvalue weighted by molar-refractivity contribution is 5.17. The van der Waals surface area contributed by atoms with Crippen molar-refractivity contribution in [2.75, 3.05) is 0 Å². The van der Waals surface area contributed by atoms with Crippen molar-refractivity contribution in [2.24, 2.45) is 0 Å². The van der Waals surface area contributed by atoms with E-state index < -0.39 is 17.8 Å². The molecule has 0 saturated heterocycles. The van der Waals surface area contributed by atoms with Gasteiger partial charge in [-0.25, -0.2) is 4.39 Å². The summed E-state index contributed by atoms with van der Waals surface area (Å²) in [5, 5.41) is 0. The molecule has 0 bridgehead atoms. The summed E-state index contributed by atoms with van der Waals surface area (Å²) in [6.45, 7) is 1.28. The smallest absolute Gasteiger partial charge is 0.204 e. The zero-order valence-corrected chi connectivity index (χ0v) is 5.54. The van der Waals surface area contributed by atoms with Crippen LogP contribution >= 0.6 is 0 Å². The summed E-state index contributed by atoms with van der Waals surface area (Å²) in [6.07, 6.45) is -3.85. The predicted molar refractivity (Wildman–Crippen MR) is 30.1 cm³/mol. The molecule has 5 heteroatoms. The van der Waals surface area contributed by atoms with Crippen LogP contribution in [0.15, 0.2) is 23.8 Å². The Morgan fingerprint density at radius 1 is 1.18 bits per heavy atom. The largest absolute Gasteiger partial charge is 0.445 e. The van der Waals surface area contributed by atoms with Crippen LogP contribution in [0.1, 0.15) is 6.92 Å². The zero-order chi connectivity index (χ0) is 9.07. The van der Waals surface area contributed by atoms with Gasteiger partial charge in [-0.3, -0.25) is 0 Å². The number of allylic oxidation sites excluding steroid dienone is 4. The standard InChI is InChI=1S/C6H5F5/c1-2-3-4(7)5(8)6(9,10)11/h2-3H,1H3. The Balaban J connectivity index is 4.67. The van der Waals surface area contributed by atoms with Crippen molar-refractivity contribution in [3.8, 4) is 0 Å². The second kappa shape index (κ2) is 3.50. The highest BCUT2D eigenvalue weighted by atomic mass is 19.4. The summed E-state index contributed by atoms with van der Waals surface area (Å²) in [6, 6.07) is 0. The molecular weight excluding hydrogens is 167 g/mol. The van der Waals surface area contributed by atoms with Gasteiger partial charge in [-0.05, 0) is 13.0 Å². The van der Waals surface area contributed by atoms with Gasteiger partial charge in [0, 0.05) is 0 Å². The summed E-state index contributed by atoms with van der Waals surface area (Å²) < 4.78 is 57.8. The lowest BCUT2D eigenvalue weighted by atomic mass is 10.4. The fourth-order valence-electron chi connectivity index (χ4n) is 0.355. The van der Waals surface area contributed by atoms with Crippen LogP contribution in [-0.4, -0.2) is 6.18 Å². The van der Waals surface area contributed by atoms with Gasteiger partial charge in [0.2, 0.25) is 5.83 Å². The molecule has 0 radical (unpaired) electrons. The summed E-state index contributed by atoms with van der Waals surface area (Å²) >= 11 is 0. The second-order valence-electron chi connectivity index (χ2n) is 1.66. The minimum atomic E-state index is -5.23. The molecule has 0 saturated carbocycles. The molecule has 0 aromatic rings. The van der Waals surface area contributed by atoms with Crippen LogP contribution in [-0.2, 0) is 0 Å². The lowest BCUT2D eigenvalue weighted by Crippen LogP contribution is -2.08. The maximum absolute atomic E-state index is 12.0. The summed E-state index contributed by atoms with van der Waals surface area (Å²) in [5.74, 6) is -4.60. The summed E-state index contributed by atoms with van der Waals surface area (Å²) in [7, 11) is 0. The summed E-state index contributed by atoms with van der Waals surface area (Å²) in [5.41, 5.74) is 0. The minimum Gasteiger partial charge on any atom is -0.204 e. The van der Waals surface area contributed by atoms with E-state index in [-0.39, 0.29) is 0 Å². The van der Waals surface area contributed by atoms with Crippen molar-refractivity contribution in [3.63, 3.8) is 0 Å². The van der Waals surface area contributed by atoms with Gasteiger partial charge in [0.15, 0.2) is 5.83 Å². The Kier molecular flexibility index (Phi) is 3.22. The lowest BCUT2D eigenvalue weighted by molar-refractivity contribution is -0.110. The molecule has 11 heavy (non-hydrogen) atoms. The van der Waals surface area contributed by atoms with Gasteiger partial charge >= 0.3 is 6.18 Å². The molecule has 0 fully saturated rings. The molecule has 0 aromatic carbocycles. The molecule has 0 aliphatic carbocycles. The van der Waals surface area contributed by atoms with Gasteiger partial charge in [0.1, 0.15) is 0 Å². The number of hydrogen-bond donors (Lipinski definition) is 0. The second-order valence-corrected chi connectivity index (χ2v) is 1.66. The van der Waals surface area contributed by atoms with E-state index in [1.54, 1.807) is 0 Å². The third-order valence-electron chi connectivity index (χ3n) is 0.772. The Bertz CT molecular complexity index is 186. The number of hydrogen-bond acceptors (Lipinski definition) is 0. The molecule has 0 atom stereocenters. The van der Waals surface area contributed by atoms with Crippen LogP contribution < -0.4 is 0 Å². The normalized spacial score (nSPS) is 15.5. The molecule has 0 aliphatic heterocycles. The van der Waals surface area contributed by atoms with Crippen molar-refractivity contribution >= 4 is 0 Å². The van der Waals surface area contributed by atoms with Crippen molar-refractivity contribution in [1.29, 1.82) is 0 Å². The summed E-state index contributed by atoms with van der Waals surface area (Å²) in [4.78, 5) is 0. The number of halogens is 5. The highest BCUT2D eigenvalue weighted by Crippen LogP contribution is 2.29. The third kappa shape index (κ3) is 3.15. The van der Waals surface area contributed by atoms with Crippen LogP contribution in [0.3, 0.4) is 0 Å². The quantitative estimate of drug-likeness (QED) is 0.420. The first kappa shape index (κ1) is 10.1. The Hall–Kier alpha value is -0.870. The van der Waals surface area contributed by atoms with Gasteiger partial charge < -0.3 is 0 Å². The Morgan fingerprint density at radius 2 is 1.64 bits per heavy atom. The van der Waals surface area contributed by atoms with Crippen molar-refractivity contribution in [1.82, 2.24) is 0 Å². The zero-order valence-electron chi connectivity index (χ0n) is 5.54. The maximum atomic E-state index is 12.0. The van der Waals surface area contributed by atoms with E-state index >= 15 is 0 Å². The van der Waals surface area contributed by atoms with Crippen LogP contribution in [0.4, 0.5) is 22.0 Å². The first-order valence-corrected chi connectivity index (χ1v) is 2.64. The van der Waals surface area contributed by atoms with Crippen LogP contribution in [0.25, 0.3) is 0 Å². The Morgan fingerprint density at radius 3 is 1.91 bits per heavy atom. The van der Waals surface area contributed by atoms with Crippen LogP contribution in [0.5, 0.6) is 0 Å². The molecule has 0 aliphatic rings. The molecule has 0 amide bonds. The molecule has 0 unspecified atom stereocenters. The van der Waals surface area contributed by atoms with E-state index in [0.29, 0.717) is 6.08 Å². The number of alkyl halides is 3. The molecule has 0 N–H and O–H groups in total. The van der Waals surface area contributed by atoms with Crippen molar-refractivity contribution < 1.29 is 22.0 Å². The average molecular weight is 172 g/mol.